The fraction of sp³-hybridized carbons (Fsp3) is 0.714. The molecule has 3 rings (SSSR count). The summed E-state index contributed by atoms with van der Waals surface area (Å²) in [6.07, 6.45) is 5.12. The lowest BCUT2D eigenvalue weighted by atomic mass is 9.98. The van der Waals surface area contributed by atoms with E-state index in [0.29, 0.717) is 34.6 Å². The van der Waals surface area contributed by atoms with Crippen molar-refractivity contribution in [1.82, 2.24) is 0 Å². The molecule has 33 heavy (non-hydrogen) atoms. The van der Waals surface area contributed by atoms with Crippen molar-refractivity contribution in [2.75, 3.05) is 13.2 Å². The summed E-state index contributed by atoms with van der Waals surface area (Å²) < 4.78 is 19.3. The highest BCUT2D eigenvalue weighted by Crippen LogP contribution is 2.47. The zero-order valence-electron chi connectivity index (χ0n) is 22.2. The van der Waals surface area contributed by atoms with E-state index >= 15 is 0 Å². The first kappa shape index (κ1) is 26.9. The third kappa shape index (κ3) is 6.49. The summed E-state index contributed by atoms with van der Waals surface area (Å²) in [5.41, 5.74) is 3.43. The molecule has 1 aliphatic carbocycles. The maximum absolute atomic E-state index is 7.38. The summed E-state index contributed by atoms with van der Waals surface area (Å²) in [4.78, 5) is 0. The zero-order chi connectivity index (χ0) is 24.2. The van der Waals surface area contributed by atoms with Gasteiger partial charge in [-0.05, 0) is 49.4 Å². The Morgan fingerprint density at radius 1 is 1.00 bits per heavy atom. The Labute approximate surface area is 206 Å². The second kappa shape index (κ2) is 11.3. The molecule has 3 nitrogen and oxygen atoms in total. The number of rotatable bonds is 9. The SMILES string of the molecule is CC(C)[Si](O[C@H]1CC/C(=C\C2COC(C)(C)OC2)[C@@H]1C[Si]c1ccccc1)(C(C)C)C(C)C. The van der Waals surface area contributed by atoms with E-state index in [9.17, 15) is 0 Å². The predicted molar refractivity (Wildman–Crippen MR) is 143 cm³/mol. The number of hydrogen-bond donors (Lipinski definition) is 0. The summed E-state index contributed by atoms with van der Waals surface area (Å²) in [6.45, 7) is 19.9. The Bertz CT molecular complexity index is 741. The molecule has 1 saturated carbocycles. The molecule has 1 aromatic rings. The van der Waals surface area contributed by atoms with Crippen LogP contribution in [-0.2, 0) is 13.9 Å². The molecular formula is C28H46O3Si2. The molecule has 1 aromatic carbocycles. The molecule has 2 aliphatic rings. The summed E-state index contributed by atoms with van der Waals surface area (Å²) in [6, 6.07) is 12.2. The van der Waals surface area contributed by atoms with Crippen LogP contribution in [0.3, 0.4) is 0 Å². The number of ether oxygens (including phenoxy) is 2. The highest BCUT2D eigenvalue weighted by atomic mass is 28.4. The fourth-order valence-electron chi connectivity index (χ4n) is 6.10. The topological polar surface area (TPSA) is 27.7 Å². The van der Waals surface area contributed by atoms with Crippen molar-refractivity contribution < 1.29 is 13.9 Å². The molecule has 1 saturated heterocycles. The van der Waals surface area contributed by atoms with E-state index in [4.69, 9.17) is 13.9 Å². The van der Waals surface area contributed by atoms with Crippen molar-refractivity contribution in [3.63, 3.8) is 0 Å². The van der Waals surface area contributed by atoms with Gasteiger partial charge in [-0.1, -0.05) is 88.7 Å². The van der Waals surface area contributed by atoms with Crippen molar-refractivity contribution in [2.45, 2.75) is 103 Å². The van der Waals surface area contributed by atoms with Gasteiger partial charge in [0.2, 0.25) is 8.32 Å². The quantitative estimate of drug-likeness (QED) is 0.286. The molecule has 0 unspecified atom stereocenters. The van der Waals surface area contributed by atoms with Crippen LogP contribution in [0.5, 0.6) is 0 Å². The minimum atomic E-state index is -1.92. The Morgan fingerprint density at radius 2 is 1.58 bits per heavy atom. The van der Waals surface area contributed by atoms with E-state index in [1.54, 1.807) is 5.57 Å². The number of benzene rings is 1. The lowest BCUT2D eigenvalue weighted by molar-refractivity contribution is -0.256. The smallest absolute Gasteiger partial charge is 0.200 e. The van der Waals surface area contributed by atoms with Gasteiger partial charge < -0.3 is 13.9 Å². The largest absolute Gasteiger partial charge is 0.413 e. The van der Waals surface area contributed by atoms with Crippen LogP contribution in [0.15, 0.2) is 42.0 Å². The summed E-state index contributed by atoms with van der Waals surface area (Å²) in [5, 5.41) is 1.45. The van der Waals surface area contributed by atoms with Crippen LogP contribution in [0.2, 0.25) is 22.7 Å². The van der Waals surface area contributed by atoms with Crippen molar-refractivity contribution >= 4 is 23.0 Å². The van der Waals surface area contributed by atoms with E-state index in [2.05, 4.69) is 78.0 Å². The van der Waals surface area contributed by atoms with Crippen molar-refractivity contribution in [3.8, 4) is 0 Å². The van der Waals surface area contributed by atoms with Gasteiger partial charge in [0.05, 0.1) is 28.8 Å². The molecule has 0 N–H and O–H groups in total. The van der Waals surface area contributed by atoms with Gasteiger partial charge in [-0.2, -0.15) is 0 Å². The summed E-state index contributed by atoms with van der Waals surface area (Å²) >= 11 is 0. The third-order valence-corrected chi connectivity index (χ3v) is 15.3. The first-order valence-corrected chi connectivity index (χ1v) is 16.3. The summed E-state index contributed by atoms with van der Waals surface area (Å²) in [7, 11) is -1.10. The van der Waals surface area contributed by atoms with Crippen LogP contribution >= 0.6 is 0 Å². The second-order valence-corrected chi connectivity index (χ2v) is 18.1. The molecular weight excluding hydrogens is 440 g/mol. The van der Waals surface area contributed by atoms with E-state index in [-0.39, 0.29) is 0 Å². The lowest BCUT2D eigenvalue weighted by Gasteiger charge is -2.45. The highest BCUT2D eigenvalue weighted by Gasteiger charge is 2.48. The third-order valence-electron chi connectivity index (χ3n) is 7.74. The van der Waals surface area contributed by atoms with Gasteiger partial charge in [0.1, 0.15) is 0 Å². The van der Waals surface area contributed by atoms with Crippen molar-refractivity contribution in [3.05, 3.63) is 42.0 Å². The normalized spacial score (nSPS) is 25.6. The maximum Gasteiger partial charge on any atom is 0.200 e. The molecule has 1 aliphatic heterocycles. The van der Waals surface area contributed by atoms with E-state index in [0.717, 1.165) is 35.6 Å². The molecule has 0 amide bonds. The first-order chi connectivity index (χ1) is 15.5. The van der Waals surface area contributed by atoms with Crippen LogP contribution in [0.4, 0.5) is 0 Å². The van der Waals surface area contributed by atoms with Crippen LogP contribution in [0, 0.1) is 11.8 Å². The Kier molecular flexibility index (Phi) is 9.23. The lowest BCUT2D eigenvalue weighted by Crippen LogP contribution is -2.51. The van der Waals surface area contributed by atoms with Crippen LogP contribution in [0.1, 0.15) is 68.2 Å². The van der Waals surface area contributed by atoms with Gasteiger partial charge in [0.15, 0.2) is 5.79 Å². The monoisotopic (exact) mass is 486 g/mol. The van der Waals surface area contributed by atoms with Crippen molar-refractivity contribution in [2.24, 2.45) is 11.8 Å². The molecule has 2 radical (unpaired) electrons. The second-order valence-electron chi connectivity index (χ2n) is 11.4. The van der Waals surface area contributed by atoms with E-state index < -0.39 is 14.1 Å². The van der Waals surface area contributed by atoms with Gasteiger partial charge >= 0.3 is 0 Å². The maximum atomic E-state index is 7.38. The van der Waals surface area contributed by atoms with Gasteiger partial charge in [0, 0.05) is 11.8 Å². The fourth-order valence-corrected chi connectivity index (χ4v) is 13.1. The molecule has 2 fully saturated rings. The molecule has 0 bridgehead atoms. The molecule has 0 spiro atoms. The van der Waals surface area contributed by atoms with Gasteiger partial charge in [-0.3, -0.25) is 0 Å². The van der Waals surface area contributed by atoms with Gasteiger partial charge in [-0.15, -0.1) is 0 Å². The average Bonchev–Trinajstić information content (AvgIpc) is 3.12. The standard InChI is InChI=1S/C28H46O3Si2/c1-20(2)33(21(3)4,22(5)6)31-27-15-14-24(16-23-17-29-28(7,8)30-18-23)26(27)19-32-25-12-10-9-11-13-25/h9-13,16,20-23,26-27H,14-15,17-19H2,1-8H3/b24-16+/t26-,27-/m0/s1. The Balaban J connectivity index is 1.83. The van der Waals surface area contributed by atoms with Crippen LogP contribution in [-0.4, -0.2) is 42.9 Å². The van der Waals surface area contributed by atoms with Crippen LogP contribution in [0.25, 0.3) is 0 Å². The molecule has 2 atom stereocenters. The van der Waals surface area contributed by atoms with Gasteiger partial charge in [0.25, 0.3) is 0 Å². The predicted octanol–water partition coefficient (Wildman–Crippen LogP) is 6.73. The van der Waals surface area contributed by atoms with Crippen LogP contribution < -0.4 is 5.19 Å². The Morgan fingerprint density at radius 3 is 2.12 bits per heavy atom. The molecule has 5 heteroatoms. The average molecular weight is 487 g/mol. The number of hydrogen-bond acceptors (Lipinski definition) is 3. The first-order valence-electron chi connectivity index (χ1n) is 13.0. The minimum absolute atomic E-state index is 0.341. The van der Waals surface area contributed by atoms with Gasteiger partial charge in [-0.25, -0.2) is 0 Å². The summed E-state index contributed by atoms with van der Waals surface area (Å²) in [5.74, 6) is 0.389. The minimum Gasteiger partial charge on any atom is -0.413 e. The highest BCUT2D eigenvalue weighted by molar-refractivity contribution is 6.77. The van der Waals surface area contributed by atoms with E-state index in [1.165, 1.54) is 11.2 Å². The molecule has 0 aromatic heterocycles. The molecule has 1 heterocycles. The Hall–Kier alpha value is -0.726. The van der Waals surface area contributed by atoms with Crippen molar-refractivity contribution in [1.29, 1.82) is 0 Å². The molecule has 184 valence electrons. The van der Waals surface area contributed by atoms with E-state index in [1.807, 2.05) is 13.8 Å². The zero-order valence-corrected chi connectivity index (χ0v) is 24.2.